The molecule has 0 aromatic heterocycles. The van der Waals surface area contributed by atoms with E-state index in [9.17, 15) is 0 Å². The molecule has 5 nitrogen and oxygen atoms in total. The Balaban J connectivity index is 5.87. The van der Waals surface area contributed by atoms with Crippen LogP contribution in [0.3, 0.4) is 0 Å². The Bertz CT molecular complexity index is 591. The molecule has 0 fully saturated rings. The lowest BCUT2D eigenvalue weighted by Crippen LogP contribution is -2.48. The summed E-state index contributed by atoms with van der Waals surface area (Å²) in [5.74, 6) is 1.51. The third-order valence-electron chi connectivity index (χ3n) is 8.37. The molecule has 0 rings (SSSR count). The molecule has 7 heteroatoms. The zero-order valence-corrected chi connectivity index (χ0v) is 28.9. The van der Waals surface area contributed by atoms with Crippen molar-refractivity contribution in [3.8, 4) is 0 Å². The minimum absolute atomic E-state index is 0.0202. The van der Waals surface area contributed by atoms with Crippen molar-refractivity contribution in [3.05, 3.63) is 0 Å². The fraction of sp³-hybridized carbons (Fsp3) is 1.00. The van der Waals surface area contributed by atoms with E-state index >= 15 is 0 Å². The van der Waals surface area contributed by atoms with Gasteiger partial charge in [-0.15, -0.1) is 12.6 Å². The summed E-state index contributed by atoms with van der Waals surface area (Å²) in [4.78, 5) is -0.627. The number of ether oxygens (including phenoxy) is 3. The number of thiol groups is 1. The normalized spacial score (nSPS) is 21.8. The van der Waals surface area contributed by atoms with E-state index in [0.717, 1.165) is 25.9 Å². The van der Waals surface area contributed by atoms with Crippen LogP contribution in [0.15, 0.2) is 0 Å². The first-order valence-electron chi connectivity index (χ1n) is 13.9. The van der Waals surface area contributed by atoms with Crippen molar-refractivity contribution in [2.45, 2.75) is 135 Å². The van der Waals surface area contributed by atoms with Gasteiger partial charge in [-0.05, 0) is 85.5 Å². The molecule has 0 aromatic carbocycles. The summed E-state index contributed by atoms with van der Waals surface area (Å²) in [6, 6.07) is 0. The maximum Gasteiger partial charge on any atom is 0.108 e. The Kier molecular flexibility index (Phi) is 14.8. The van der Waals surface area contributed by atoms with Gasteiger partial charge in [-0.1, -0.05) is 64.1 Å². The summed E-state index contributed by atoms with van der Waals surface area (Å²) in [6.45, 7) is 30.0. The van der Waals surface area contributed by atoms with Gasteiger partial charge in [-0.25, -0.2) is 0 Å². The van der Waals surface area contributed by atoms with E-state index in [-0.39, 0.29) is 38.0 Å². The van der Waals surface area contributed by atoms with Crippen LogP contribution in [-0.4, -0.2) is 45.5 Å². The largest absolute Gasteiger partial charge is 0.378 e. The second kappa shape index (κ2) is 14.5. The molecule has 0 heterocycles. The van der Waals surface area contributed by atoms with Crippen molar-refractivity contribution < 1.29 is 14.2 Å². The minimum Gasteiger partial charge on any atom is -0.378 e. The first-order chi connectivity index (χ1) is 16.0. The van der Waals surface area contributed by atoms with Gasteiger partial charge in [0.15, 0.2) is 0 Å². The maximum absolute atomic E-state index is 6.59. The highest BCUT2D eigenvalue weighted by Crippen LogP contribution is 2.47. The van der Waals surface area contributed by atoms with Crippen LogP contribution >= 0.6 is 35.2 Å². The zero-order chi connectivity index (χ0) is 28.8. The van der Waals surface area contributed by atoms with E-state index in [1.807, 2.05) is 20.8 Å². The summed E-state index contributed by atoms with van der Waals surface area (Å²) >= 11 is 7.34. The van der Waals surface area contributed by atoms with Crippen LogP contribution < -0.4 is 11.5 Å². The van der Waals surface area contributed by atoms with Crippen molar-refractivity contribution in [1.29, 1.82) is 0 Å². The molecule has 0 bridgehead atoms. The average molecular weight is 645 g/mol. The smallest absolute Gasteiger partial charge is 0.108 e. The lowest BCUT2D eigenvalue weighted by molar-refractivity contribution is -0.132. The highest BCUT2D eigenvalue weighted by Gasteiger charge is 2.46. The van der Waals surface area contributed by atoms with Gasteiger partial charge in [0.25, 0.3) is 0 Å². The highest BCUT2D eigenvalue weighted by molar-refractivity contribution is 14.1. The van der Waals surface area contributed by atoms with Crippen molar-refractivity contribution in [1.82, 2.24) is 0 Å². The van der Waals surface area contributed by atoms with E-state index in [4.69, 9.17) is 38.3 Å². The van der Waals surface area contributed by atoms with Gasteiger partial charge < -0.3 is 25.7 Å². The standard InChI is InChI=1S/C29H61IN2O3S/c1-14-29(24(7)33-15-21(4)20(2)3,18-25(8,9)34-17-23(6)28(13,30)32)19-27(12,36)35-16-22(5)26(10,11)31/h20-24,36H,14-19,31-32H2,1-13H3. The first-order valence-corrected chi connectivity index (χ1v) is 15.4. The fourth-order valence-corrected chi connectivity index (χ4v) is 4.76. The molecular weight excluding hydrogens is 583 g/mol. The van der Waals surface area contributed by atoms with E-state index < -0.39 is 4.93 Å². The summed E-state index contributed by atoms with van der Waals surface area (Å²) in [5, 5.41) is 0. The third-order valence-corrected chi connectivity index (χ3v) is 9.72. The molecule has 218 valence electrons. The van der Waals surface area contributed by atoms with Crippen LogP contribution in [0, 0.1) is 29.1 Å². The summed E-state index contributed by atoms with van der Waals surface area (Å²) in [7, 11) is 0. The van der Waals surface area contributed by atoms with Crippen LogP contribution in [0.1, 0.15) is 109 Å². The Morgan fingerprint density at radius 2 is 1.28 bits per heavy atom. The molecule has 0 aliphatic carbocycles. The molecule has 0 saturated carbocycles. The molecule has 4 N–H and O–H groups in total. The van der Waals surface area contributed by atoms with Gasteiger partial charge in [-0.2, -0.15) is 0 Å². The van der Waals surface area contributed by atoms with E-state index in [2.05, 4.69) is 91.8 Å². The van der Waals surface area contributed by atoms with E-state index in [1.165, 1.54) is 0 Å². The van der Waals surface area contributed by atoms with Gasteiger partial charge in [0.05, 0.1) is 28.5 Å². The third kappa shape index (κ3) is 13.3. The summed E-state index contributed by atoms with van der Waals surface area (Å²) < 4.78 is 19.2. The molecule has 0 aliphatic heterocycles. The lowest BCUT2D eigenvalue weighted by atomic mass is 9.68. The number of hydrogen-bond acceptors (Lipinski definition) is 6. The fourth-order valence-electron chi connectivity index (χ4n) is 4.19. The number of rotatable bonds is 18. The second-order valence-electron chi connectivity index (χ2n) is 13.6. The topological polar surface area (TPSA) is 79.7 Å². The van der Waals surface area contributed by atoms with E-state index in [1.54, 1.807) is 0 Å². The molecular formula is C29H61IN2O3S. The van der Waals surface area contributed by atoms with Crippen LogP contribution in [-0.2, 0) is 14.2 Å². The van der Waals surface area contributed by atoms with Crippen LogP contribution in [0.25, 0.3) is 0 Å². The van der Waals surface area contributed by atoms with Gasteiger partial charge in [-0.3, -0.25) is 0 Å². The summed E-state index contributed by atoms with van der Waals surface area (Å²) in [6.07, 6.45) is 2.54. The Morgan fingerprint density at radius 1 is 0.778 bits per heavy atom. The highest BCUT2D eigenvalue weighted by atomic mass is 127. The second-order valence-corrected chi connectivity index (χ2v) is 16.9. The van der Waals surface area contributed by atoms with E-state index in [0.29, 0.717) is 25.0 Å². The van der Waals surface area contributed by atoms with Crippen molar-refractivity contribution in [2.24, 2.45) is 40.6 Å². The molecule has 0 radical (unpaired) electrons. The van der Waals surface area contributed by atoms with Gasteiger partial charge in [0.1, 0.15) is 4.93 Å². The Labute approximate surface area is 243 Å². The van der Waals surface area contributed by atoms with Crippen LogP contribution in [0.2, 0.25) is 0 Å². The van der Waals surface area contributed by atoms with Crippen molar-refractivity contribution in [3.63, 3.8) is 0 Å². The number of hydrogen-bond donors (Lipinski definition) is 3. The molecule has 7 unspecified atom stereocenters. The molecule has 0 aliphatic rings. The Morgan fingerprint density at radius 3 is 1.69 bits per heavy atom. The molecule has 7 atom stereocenters. The monoisotopic (exact) mass is 644 g/mol. The van der Waals surface area contributed by atoms with Gasteiger partial charge in [0, 0.05) is 23.5 Å². The van der Waals surface area contributed by atoms with Crippen LogP contribution in [0.4, 0.5) is 0 Å². The maximum atomic E-state index is 6.59. The number of halogens is 1. The van der Waals surface area contributed by atoms with Crippen molar-refractivity contribution in [2.75, 3.05) is 19.8 Å². The van der Waals surface area contributed by atoms with Gasteiger partial charge in [0.2, 0.25) is 0 Å². The molecule has 0 amide bonds. The number of alkyl halides is 1. The lowest BCUT2D eigenvalue weighted by Gasteiger charge is -2.47. The van der Waals surface area contributed by atoms with Crippen LogP contribution in [0.5, 0.6) is 0 Å². The van der Waals surface area contributed by atoms with Gasteiger partial charge >= 0.3 is 0 Å². The summed E-state index contributed by atoms with van der Waals surface area (Å²) in [5.41, 5.74) is 11.8. The quantitative estimate of drug-likeness (QED) is 0.0476. The average Bonchev–Trinajstić information content (AvgIpc) is 2.71. The Hall–Kier alpha value is 0.880. The minimum atomic E-state index is -0.627. The zero-order valence-electron chi connectivity index (χ0n) is 25.8. The first kappa shape index (κ1) is 36.9. The number of nitrogens with two attached hydrogens (primary N) is 2. The van der Waals surface area contributed by atoms with Crippen molar-refractivity contribution >= 4 is 35.2 Å². The SMILES string of the molecule is CCC(CC(C)(C)OCC(C)C(C)(N)I)(CC(C)(S)OCC(C)C(C)(C)N)C(C)OCC(C)C(C)C. The molecule has 0 saturated heterocycles. The predicted molar refractivity (Wildman–Crippen MR) is 168 cm³/mol. The molecule has 0 aromatic rings. The predicted octanol–water partition coefficient (Wildman–Crippen LogP) is 7.44. The molecule has 0 spiro atoms. The molecule has 36 heavy (non-hydrogen) atoms.